The molecule has 1 aromatic rings. The molecule has 3 saturated heterocycles. The molecule has 2 N–H and O–H groups in total. The average Bonchev–Trinajstić information content (AvgIpc) is 3.23. The second-order valence-electron chi connectivity index (χ2n) is 8.22. The molecule has 0 saturated carbocycles. The predicted molar refractivity (Wildman–Crippen MR) is 107 cm³/mol. The fraction of sp³-hybridized carbons (Fsp3) is 0.667. The highest BCUT2D eigenvalue weighted by Crippen LogP contribution is 2.21. The Bertz CT molecular complexity index is 686. The molecule has 0 spiro atoms. The molecule has 0 bridgehead atoms. The molecule has 0 radical (unpaired) electrons. The number of likely N-dealkylation sites (tertiary alicyclic amines) is 1. The molecule has 29 heavy (non-hydrogen) atoms. The molecule has 7 nitrogen and oxygen atoms in total. The first-order valence-electron chi connectivity index (χ1n) is 10.7. The molecule has 1 amide bonds. The highest BCUT2D eigenvalue weighted by atomic mass is 19.1. The van der Waals surface area contributed by atoms with Crippen molar-refractivity contribution in [3.63, 3.8) is 0 Å². The van der Waals surface area contributed by atoms with Crippen molar-refractivity contribution in [2.75, 3.05) is 52.5 Å². The van der Waals surface area contributed by atoms with Crippen molar-refractivity contribution in [1.29, 1.82) is 0 Å². The van der Waals surface area contributed by atoms with Gasteiger partial charge >= 0.3 is 0 Å². The van der Waals surface area contributed by atoms with Crippen LogP contribution < -0.4 is 15.6 Å². The number of hydrogen-bond donors (Lipinski definition) is 2. The summed E-state index contributed by atoms with van der Waals surface area (Å²) in [6.07, 6.45) is 2.87. The van der Waals surface area contributed by atoms with Gasteiger partial charge < -0.3 is 14.4 Å². The van der Waals surface area contributed by atoms with Gasteiger partial charge in [-0.2, -0.15) is 0 Å². The molecule has 160 valence electrons. The van der Waals surface area contributed by atoms with Crippen LogP contribution in [0.5, 0.6) is 5.75 Å². The predicted octanol–water partition coefficient (Wildman–Crippen LogP) is 1.01. The van der Waals surface area contributed by atoms with E-state index >= 15 is 0 Å². The Balaban J connectivity index is 1.23. The lowest BCUT2D eigenvalue weighted by molar-refractivity contribution is -0.135. The summed E-state index contributed by atoms with van der Waals surface area (Å²) in [5, 5.41) is 0. The first-order valence-corrected chi connectivity index (χ1v) is 10.7. The van der Waals surface area contributed by atoms with Crippen molar-refractivity contribution in [3.8, 4) is 5.75 Å². The van der Waals surface area contributed by atoms with Gasteiger partial charge in [0, 0.05) is 32.7 Å². The number of ether oxygens (including phenoxy) is 2. The van der Waals surface area contributed by atoms with Gasteiger partial charge in [0.25, 0.3) is 0 Å². The van der Waals surface area contributed by atoms with Crippen LogP contribution in [0.2, 0.25) is 0 Å². The van der Waals surface area contributed by atoms with Gasteiger partial charge in [-0.15, -0.1) is 0 Å². The number of benzene rings is 1. The summed E-state index contributed by atoms with van der Waals surface area (Å²) in [5.74, 6) is 0.551. The molecular weight excluding hydrogens is 375 g/mol. The molecule has 0 aliphatic carbocycles. The van der Waals surface area contributed by atoms with Crippen LogP contribution >= 0.6 is 0 Å². The van der Waals surface area contributed by atoms with Gasteiger partial charge in [0.15, 0.2) is 11.6 Å². The van der Waals surface area contributed by atoms with Gasteiger partial charge in [-0.05, 0) is 37.3 Å². The van der Waals surface area contributed by atoms with E-state index in [4.69, 9.17) is 9.47 Å². The van der Waals surface area contributed by atoms with E-state index in [9.17, 15) is 9.18 Å². The van der Waals surface area contributed by atoms with Gasteiger partial charge in [-0.3, -0.25) is 15.1 Å². The standard InChI is InChI=1S/C21H31FN4O3/c22-18-5-1-2-6-20(18)29-15-17-12-19(24-23-17)21(27)26-7-3-4-16(14-26)13-25-8-10-28-11-9-25/h1-2,5-6,16-17,19,23-24H,3-4,7-15H2. The van der Waals surface area contributed by atoms with Crippen LogP contribution in [0.15, 0.2) is 24.3 Å². The van der Waals surface area contributed by atoms with Gasteiger partial charge in [0.05, 0.1) is 19.3 Å². The summed E-state index contributed by atoms with van der Waals surface area (Å²) in [6, 6.07) is 6.09. The van der Waals surface area contributed by atoms with E-state index in [1.807, 2.05) is 4.90 Å². The number of nitrogens with zero attached hydrogens (tertiary/aromatic N) is 2. The maximum absolute atomic E-state index is 13.7. The number of para-hydroxylation sites is 1. The van der Waals surface area contributed by atoms with E-state index in [1.165, 1.54) is 12.5 Å². The number of halogens is 1. The SMILES string of the molecule is O=C(C1CC(COc2ccccc2F)NN1)N1CCCC(CN2CCOCC2)C1. The second-order valence-corrected chi connectivity index (χ2v) is 8.22. The Hall–Kier alpha value is -1.74. The molecular formula is C21H31FN4O3. The van der Waals surface area contributed by atoms with E-state index in [-0.39, 0.29) is 29.6 Å². The molecule has 0 aromatic heterocycles. The van der Waals surface area contributed by atoms with Crippen molar-refractivity contribution >= 4 is 5.91 Å². The number of amides is 1. The third-order valence-corrected chi connectivity index (χ3v) is 6.01. The van der Waals surface area contributed by atoms with Crippen LogP contribution in [-0.2, 0) is 9.53 Å². The zero-order valence-corrected chi connectivity index (χ0v) is 16.8. The normalized spacial score (nSPS) is 28.4. The maximum atomic E-state index is 13.7. The van der Waals surface area contributed by atoms with Gasteiger partial charge in [-0.1, -0.05) is 12.1 Å². The number of morpholine rings is 1. The fourth-order valence-corrected chi connectivity index (χ4v) is 4.43. The Morgan fingerprint density at radius 1 is 1.21 bits per heavy atom. The number of hydrazine groups is 1. The topological polar surface area (TPSA) is 66.1 Å². The van der Waals surface area contributed by atoms with E-state index in [2.05, 4.69) is 15.8 Å². The molecule has 3 fully saturated rings. The fourth-order valence-electron chi connectivity index (χ4n) is 4.43. The zero-order valence-electron chi connectivity index (χ0n) is 16.8. The highest BCUT2D eigenvalue weighted by Gasteiger charge is 2.35. The maximum Gasteiger partial charge on any atom is 0.241 e. The summed E-state index contributed by atoms with van der Waals surface area (Å²) in [7, 11) is 0. The van der Waals surface area contributed by atoms with Crippen molar-refractivity contribution in [2.24, 2.45) is 5.92 Å². The first kappa shape index (κ1) is 20.5. The molecule has 3 atom stereocenters. The number of piperidine rings is 1. The van der Waals surface area contributed by atoms with Crippen molar-refractivity contribution in [2.45, 2.75) is 31.3 Å². The zero-order chi connectivity index (χ0) is 20.1. The van der Waals surface area contributed by atoms with E-state index in [1.54, 1.807) is 18.2 Å². The van der Waals surface area contributed by atoms with E-state index in [0.29, 0.717) is 18.9 Å². The van der Waals surface area contributed by atoms with Gasteiger partial charge in [-0.25, -0.2) is 9.82 Å². The van der Waals surface area contributed by atoms with Crippen molar-refractivity contribution < 1.29 is 18.7 Å². The lowest BCUT2D eigenvalue weighted by Gasteiger charge is -2.37. The van der Waals surface area contributed by atoms with Gasteiger partial charge in [0.2, 0.25) is 5.91 Å². The minimum atomic E-state index is -0.370. The Kier molecular flexibility index (Phi) is 6.97. The number of nitrogens with one attached hydrogen (secondary N) is 2. The number of rotatable bonds is 6. The number of carbonyl (C=O) groups excluding carboxylic acids is 1. The van der Waals surface area contributed by atoms with Gasteiger partial charge in [0.1, 0.15) is 12.6 Å². The Morgan fingerprint density at radius 2 is 2.03 bits per heavy atom. The third kappa shape index (κ3) is 5.45. The quantitative estimate of drug-likeness (QED) is 0.735. The smallest absolute Gasteiger partial charge is 0.241 e. The largest absolute Gasteiger partial charge is 0.489 e. The number of hydrogen-bond acceptors (Lipinski definition) is 6. The molecule has 4 rings (SSSR count). The average molecular weight is 407 g/mol. The van der Waals surface area contributed by atoms with Crippen LogP contribution in [0.1, 0.15) is 19.3 Å². The molecule has 3 aliphatic rings. The lowest BCUT2D eigenvalue weighted by atomic mass is 9.96. The van der Waals surface area contributed by atoms with Crippen LogP contribution in [0, 0.1) is 11.7 Å². The number of carbonyl (C=O) groups is 1. The summed E-state index contributed by atoms with van der Waals surface area (Å²) in [5.41, 5.74) is 6.24. The molecule has 8 heteroatoms. The molecule has 3 aliphatic heterocycles. The summed E-state index contributed by atoms with van der Waals surface area (Å²) in [6.45, 7) is 6.61. The van der Waals surface area contributed by atoms with Crippen LogP contribution in [0.4, 0.5) is 4.39 Å². The third-order valence-electron chi connectivity index (χ3n) is 6.01. The Morgan fingerprint density at radius 3 is 2.86 bits per heavy atom. The minimum absolute atomic E-state index is 0.0301. The molecule has 3 unspecified atom stereocenters. The van der Waals surface area contributed by atoms with Crippen LogP contribution in [0.25, 0.3) is 0 Å². The molecule has 1 aromatic carbocycles. The lowest BCUT2D eigenvalue weighted by Crippen LogP contribution is -2.51. The van der Waals surface area contributed by atoms with E-state index < -0.39 is 0 Å². The summed E-state index contributed by atoms with van der Waals surface area (Å²) in [4.78, 5) is 17.5. The second kappa shape index (κ2) is 9.84. The van der Waals surface area contributed by atoms with Crippen molar-refractivity contribution in [1.82, 2.24) is 20.7 Å². The van der Waals surface area contributed by atoms with Crippen molar-refractivity contribution in [3.05, 3.63) is 30.1 Å². The van der Waals surface area contributed by atoms with E-state index in [0.717, 1.165) is 52.4 Å². The summed E-state index contributed by atoms with van der Waals surface area (Å²) >= 11 is 0. The minimum Gasteiger partial charge on any atom is -0.489 e. The highest BCUT2D eigenvalue weighted by molar-refractivity contribution is 5.82. The monoisotopic (exact) mass is 406 g/mol. The Labute approximate surface area is 171 Å². The van der Waals surface area contributed by atoms with Crippen LogP contribution in [0.3, 0.4) is 0 Å². The van der Waals surface area contributed by atoms with Crippen LogP contribution in [-0.4, -0.2) is 80.3 Å². The first-order chi connectivity index (χ1) is 14.2. The summed E-state index contributed by atoms with van der Waals surface area (Å²) < 4.78 is 24.7. The molecule has 3 heterocycles.